The fourth-order valence-electron chi connectivity index (χ4n) is 3.40. The summed E-state index contributed by atoms with van der Waals surface area (Å²) in [6.45, 7) is 1.60. The average Bonchev–Trinajstić information content (AvgIpc) is 3.13. The molecule has 0 aliphatic carbocycles. The number of H-pyrrole nitrogens is 1. The number of hydrogen-bond acceptors (Lipinski definition) is 4. The molecule has 146 valence electrons. The number of aromatic nitrogens is 4. The summed E-state index contributed by atoms with van der Waals surface area (Å²) >= 11 is 0. The average molecular weight is 385 g/mol. The first-order valence-corrected chi connectivity index (χ1v) is 9.49. The molecule has 0 spiro atoms. The molecule has 0 fully saturated rings. The molecule has 0 amide bonds. The van der Waals surface area contributed by atoms with Crippen LogP contribution in [0.2, 0.25) is 0 Å². The highest BCUT2D eigenvalue weighted by atomic mass is 16.1. The second kappa shape index (κ2) is 8.24. The zero-order valence-corrected chi connectivity index (χ0v) is 16.5. The molecule has 0 atom stereocenters. The van der Waals surface area contributed by atoms with Crippen LogP contribution in [0, 0.1) is 0 Å². The summed E-state index contributed by atoms with van der Waals surface area (Å²) in [6, 6.07) is 19.4. The minimum Gasteiger partial charge on any atom is -0.306 e. The van der Waals surface area contributed by atoms with Crippen LogP contribution in [0.4, 0.5) is 0 Å². The molecule has 29 heavy (non-hydrogen) atoms. The van der Waals surface area contributed by atoms with Gasteiger partial charge in [-0.3, -0.25) is 14.4 Å². The number of benzene rings is 2. The van der Waals surface area contributed by atoms with Crippen LogP contribution < -0.4 is 5.56 Å². The van der Waals surface area contributed by atoms with Crippen molar-refractivity contribution in [2.75, 3.05) is 7.05 Å². The Morgan fingerprint density at radius 3 is 2.48 bits per heavy atom. The lowest BCUT2D eigenvalue weighted by atomic mass is 10.1. The molecule has 0 aliphatic heterocycles. The first-order chi connectivity index (χ1) is 14.1. The highest BCUT2D eigenvalue weighted by molar-refractivity contribution is 5.63. The summed E-state index contributed by atoms with van der Waals surface area (Å²) in [7, 11) is 4.00. The molecule has 6 heteroatoms. The van der Waals surface area contributed by atoms with Crippen molar-refractivity contribution in [3.63, 3.8) is 0 Å². The van der Waals surface area contributed by atoms with Crippen molar-refractivity contribution in [1.29, 1.82) is 0 Å². The van der Waals surface area contributed by atoms with Crippen LogP contribution in [0.15, 0.2) is 77.9 Å². The third kappa shape index (κ3) is 4.67. The zero-order valence-electron chi connectivity index (χ0n) is 16.5. The topological polar surface area (TPSA) is 66.8 Å². The molecule has 4 rings (SSSR count). The standard InChI is InChI=1S/C23H23N5O/c1-27(15-18-13-24-28(2)16-18)14-17-7-6-10-20(11-17)23-25-21(12-22(29)26-23)19-8-4-3-5-9-19/h3-13,16H,14-15H2,1-2H3,(H,25,26,29). The van der Waals surface area contributed by atoms with Crippen LogP contribution in [-0.4, -0.2) is 31.7 Å². The van der Waals surface area contributed by atoms with E-state index >= 15 is 0 Å². The van der Waals surface area contributed by atoms with Crippen LogP contribution in [-0.2, 0) is 20.1 Å². The number of nitrogens with zero attached hydrogens (tertiary/aromatic N) is 4. The van der Waals surface area contributed by atoms with Crippen LogP contribution in [0.1, 0.15) is 11.1 Å². The van der Waals surface area contributed by atoms with E-state index in [1.54, 1.807) is 0 Å². The highest BCUT2D eigenvalue weighted by Crippen LogP contribution is 2.21. The minimum absolute atomic E-state index is 0.159. The van der Waals surface area contributed by atoms with Gasteiger partial charge in [-0.15, -0.1) is 0 Å². The quantitative estimate of drug-likeness (QED) is 0.552. The maximum absolute atomic E-state index is 12.2. The Labute approximate surface area is 169 Å². The van der Waals surface area contributed by atoms with E-state index in [1.807, 2.05) is 66.6 Å². The largest absolute Gasteiger partial charge is 0.306 e. The summed E-state index contributed by atoms with van der Waals surface area (Å²) < 4.78 is 1.81. The van der Waals surface area contributed by atoms with E-state index in [1.165, 1.54) is 11.6 Å². The van der Waals surface area contributed by atoms with Crippen molar-refractivity contribution in [3.05, 3.63) is 94.5 Å². The Kier molecular flexibility index (Phi) is 5.35. The van der Waals surface area contributed by atoms with Gasteiger partial charge in [0.15, 0.2) is 0 Å². The van der Waals surface area contributed by atoms with Crippen LogP contribution in [0.3, 0.4) is 0 Å². The lowest BCUT2D eigenvalue weighted by Gasteiger charge is -2.16. The second-order valence-electron chi connectivity index (χ2n) is 7.24. The van der Waals surface area contributed by atoms with E-state index in [4.69, 9.17) is 0 Å². The molecule has 2 heterocycles. The monoisotopic (exact) mass is 385 g/mol. The fourth-order valence-corrected chi connectivity index (χ4v) is 3.40. The summed E-state index contributed by atoms with van der Waals surface area (Å²) in [5.41, 5.74) is 4.66. The molecule has 0 saturated heterocycles. The van der Waals surface area contributed by atoms with Gasteiger partial charge < -0.3 is 4.98 Å². The van der Waals surface area contributed by atoms with Crippen LogP contribution >= 0.6 is 0 Å². The van der Waals surface area contributed by atoms with Gasteiger partial charge in [0.25, 0.3) is 5.56 Å². The van der Waals surface area contributed by atoms with Crippen molar-refractivity contribution < 1.29 is 0 Å². The van der Waals surface area contributed by atoms with Crippen molar-refractivity contribution in [3.8, 4) is 22.6 Å². The SMILES string of the molecule is CN(Cc1cccc(-c2nc(-c3ccccc3)cc(=O)[nH]2)c1)Cc1cnn(C)c1. The molecular weight excluding hydrogens is 362 g/mol. The fraction of sp³-hybridized carbons (Fsp3) is 0.174. The molecule has 0 unspecified atom stereocenters. The third-order valence-electron chi connectivity index (χ3n) is 4.67. The van der Waals surface area contributed by atoms with Crippen molar-refractivity contribution >= 4 is 0 Å². The summed E-state index contributed by atoms with van der Waals surface area (Å²) in [5.74, 6) is 0.577. The number of rotatable bonds is 6. The summed E-state index contributed by atoms with van der Waals surface area (Å²) in [5, 5.41) is 4.22. The molecule has 0 saturated carbocycles. The molecule has 0 bridgehead atoms. The Hall–Kier alpha value is -3.51. The third-order valence-corrected chi connectivity index (χ3v) is 4.67. The Morgan fingerprint density at radius 2 is 1.72 bits per heavy atom. The molecule has 2 aromatic heterocycles. The molecule has 0 radical (unpaired) electrons. The Balaban J connectivity index is 1.57. The van der Waals surface area contributed by atoms with E-state index in [2.05, 4.69) is 39.1 Å². The summed E-state index contributed by atoms with van der Waals surface area (Å²) in [4.78, 5) is 22.0. The first-order valence-electron chi connectivity index (χ1n) is 9.49. The number of aryl methyl sites for hydroxylation is 1. The molecule has 2 aromatic carbocycles. The summed E-state index contributed by atoms with van der Waals surface area (Å²) in [6.07, 6.45) is 3.91. The normalized spacial score (nSPS) is 11.1. The molecule has 0 aliphatic rings. The van der Waals surface area contributed by atoms with Gasteiger partial charge in [0.1, 0.15) is 5.82 Å². The molecule has 1 N–H and O–H groups in total. The van der Waals surface area contributed by atoms with Crippen LogP contribution in [0.25, 0.3) is 22.6 Å². The Morgan fingerprint density at radius 1 is 0.966 bits per heavy atom. The van der Waals surface area contributed by atoms with E-state index in [-0.39, 0.29) is 5.56 Å². The predicted molar refractivity (Wildman–Crippen MR) is 114 cm³/mol. The molecule has 4 aromatic rings. The van der Waals surface area contributed by atoms with Gasteiger partial charge in [0.05, 0.1) is 11.9 Å². The molecular formula is C23H23N5O. The van der Waals surface area contributed by atoms with E-state index in [0.29, 0.717) is 11.5 Å². The second-order valence-corrected chi connectivity index (χ2v) is 7.24. The maximum atomic E-state index is 12.2. The van der Waals surface area contributed by atoms with Gasteiger partial charge in [-0.05, 0) is 18.7 Å². The lowest BCUT2D eigenvalue weighted by Crippen LogP contribution is -2.17. The first kappa shape index (κ1) is 18.8. The van der Waals surface area contributed by atoms with Crippen molar-refractivity contribution in [1.82, 2.24) is 24.6 Å². The predicted octanol–water partition coefficient (Wildman–Crippen LogP) is 3.47. The number of aromatic amines is 1. The van der Waals surface area contributed by atoms with Crippen LogP contribution in [0.5, 0.6) is 0 Å². The smallest absolute Gasteiger partial charge is 0.251 e. The highest BCUT2D eigenvalue weighted by Gasteiger charge is 2.08. The van der Waals surface area contributed by atoms with Crippen molar-refractivity contribution in [2.45, 2.75) is 13.1 Å². The van der Waals surface area contributed by atoms with Gasteiger partial charge in [0, 0.05) is 49.1 Å². The van der Waals surface area contributed by atoms with E-state index in [0.717, 1.165) is 29.8 Å². The maximum Gasteiger partial charge on any atom is 0.251 e. The number of nitrogens with one attached hydrogen (secondary N) is 1. The van der Waals surface area contributed by atoms with E-state index in [9.17, 15) is 4.79 Å². The van der Waals surface area contributed by atoms with Gasteiger partial charge in [-0.2, -0.15) is 5.10 Å². The minimum atomic E-state index is -0.159. The Bertz CT molecular complexity index is 1160. The molecule has 6 nitrogen and oxygen atoms in total. The van der Waals surface area contributed by atoms with Gasteiger partial charge in [-0.25, -0.2) is 4.98 Å². The van der Waals surface area contributed by atoms with E-state index < -0.39 is 0 Å². The van der Waals surface area contributed by atoms with Gasteiger partial charge in [0.2, 0.25) is 0 Å². The van der Waals surface area contributed by atoms with Gasteiger partial charge >= 0.3 is 0 Å². The van der Waals surface area contributed by atoms with Crippen molar-refractivity contribution in [2.24, 2.45) is 7.05 Å². The number of hydrogen-bond donors (Lipinski definition) is 1. The van der Waals surface area contributed by atoms with Gasteiger partial charge in [-0.1, -0.05) is 48.5 Å². The zero-order chi connectivity index (χ0) is 20.2. The lowest BCUT2D eigenvalue weighted by molar-refractivity contribution is 0.319.